The molecule has 1 N–H and O–H groups in total. The largest absolute Gasteiger partial charge is 0.402 e. The van der Waals surface area contributed by atoms with E-state index >= 15 is 0 Å². The van der Waals surface area contributed by atoms with Crippen LogP contribution in [0, 0.1) is 10.1 Å². The number of nitro groups is 1. The minimum atomic E-state index is -0.658. The minimum Gasteiger partial charge on any atom is -0.373 e. The second-order valence-electron chi connectivity index (χ2n) is 3.71. The number of carbonyl (C=O) groups is 1. The molecule has 92 valence electrons. The van der Waals surface area contributed by atoms with Crippen molar-refractivity contribution in [3.63, 3.8) is 0 Å². The molecule has 1 unspecified atom stereocenters. The molecule has 1 amide bonds. The molecule has 0 spiro atoms. The van der Waals surface area contributed by atoms with Gasteiger partial charge in [-0.05, 0) is 11.3 Å². The molecule has 8 heteroatoms. The first kappa shape index (κ1) is 11.5. The molecule has 0 bridgehead atoms. The molecule has 0 aliphatic carbocycles. The Kier molecular flexibility index (Phi) is 3.05. The van der Waals surface area contributed by atoms with Crippen molar-refractivity contribution in [3.8, 4) is 0 Å². The Morgan fingerprint density at radius 1 is 1.82 bits per heavy atom. The fourth-order valence-electron chi connectivity index (χ4n) is 1.47. The number of aryl methyl sites for hydroxylation is 1. The van der Waals surface area contributed by atoms with Crippen LogP contribution >= 0.6 is 0 Å². The quantitative estimate of drug-likeness (QED) is 0.441. The third-order valence-electron chi connectivity index (χ3n) is 2.47. The average Bonchev–Trinajstić information content (AvgIpc) is 3.03. The third-order valence-corrected chi connectivity index (χ3v) is 2.47. The summed E-state index contributed by atoms with van der Waals surface area (Å²) in [6.45, 7) is 1.23. The fraction of sp³-hybridized carbons (Fsp3) is 0.556. The van der Waals surface area contributed by atoms with E-state index in [1.165, 1.54) is 17.9 Å². The van der Waals surface area contributed by atoms with Crippen LogP contribution in [0.25, 0.3) is 0 Å². The molecule has 1 aromatic rings. The summed E-state index contributed by atoms with van der Waals surface area (Å²) < 4.78 is 6.44. The molecule has 1 aliphatic heterocycles. The van der Waals surface area contributed by atoms with Gasteiger partial charge in [-0.1, -0.05) is 0 Å². The van der Waals surface area contributed by atoms with Gasteiger partial charge in [-0.25, -0.2) is 0 Å². The van der Waals surface area contributed by atoms with Crippen molar-refractivity contribution in [2.24, 2.45) is 0 Å². The second-order valence-corrected chi connectivity index (χ2v) is 3.71. The smallest absolute Gasteiger partial charge is 0.373 e. The summed E-state index contributed by atoms with van der Waals surface area (Å²) in [4.78, 5) is 21.5. The van der Waals surface area contributed by atoms with Crippen molar-refractivity contribution in [1.29, 1.82) is 0 Å². The minimum absolute atomic E-state index is 0.0192. The van der Waals surface area contributed by atoms with Gasteiger partial charge in [0.2, 0.25) is 0 Å². The van der Waals surface area contributed by atoms with Crippen LogP contribution in [-0.2, 0) is 11.3 Å². The predicted octanol–water partition coefficient (Wildman–Crippen LogP) is -0.0602. The van der Waals surface area contributed by atoms with E-state index in [1.807, 2.05) is 0 Å². The van der Waals surface area contributed by atoms with Crippen LogP contribution in [0.3, 0.4) is 0 Å². The van der Waals surface area contributed by atoms with Crippen LogP contribution in [0.2, 0.25) is 0 Å². The van der Waals surface area contributed by atoms with Gasteiger partial charge in [0.25, 0.3) is 5.91 Å². The molecule has 8 nitrogen and oxygen atoms in total. The summed E-state index contributed by atoms with van der Waals surface area (Å²) in [5.74, 6) is -0.924. The van der Waals surface area contributed by atoms with Crippen molar-refractivity contribution >= 4 is 11.7 Å². The van der Waals surface area contributed by atoms with Crippen LogP contribution in [0.4, 0.5) is 5.82 Å². The molecule has 1 atom stereocenters. The number of epoxide rings is 1. The normalized spacial score (nSPS) is 17.8. The van der Waals surface area contributed by atoms with Crippen molar-refractivity contribution in [1.82, 2.24) is 15.1 Å². The summed E-state index contributed by atoms with van der Waals surface area (Å²) in [5.41, 5.74) is -0.0192. The third kappa shape index (κ3) is 2.59. The van der Waals surface area contributed by atoms with E-state index in [0.717, 1.165) is 13.0 Å². The van der Waals surface area contributed by atoms with Crippen LogP contribution < -0.4 is 5.32 Å². The van der Waals surface area contributed by atoms with Crippen LogP contribution in [0.1, 0.15) is 16.8 Å². The predicted molar refractivity (Wildman–Crippen MR) is 56.6 cm³/mol. The molecular weight excluding hydrogens is 228 g/mol. The molecular formula is C9H12N4O4. The molecule has 2 heterocycles. The number of nitrogens with zero attached hydrogens (tertiary/aromatic N) is 3. The topological polar surface area (TPSA) is 103 Å². The first-order chi connectivity index (χ1) is 8.11. The number of hydrogen-bond acceptors (Lipinski definition) is 5. The summed E-state index contributed by atoms with van der Waals surface area (Å²) >= 11 is 0. The highest BCUT2D eigenvalue weighted by Gasteiger charge is 2.27. The first-order valence-corrected chi connectivity index (χ1v) is 5.17. The highest BCUT2D eigenvalue weighted by atomic mass is 16.6. The van der Waals surface area contributed by atoms with E-state index in [9.17, 15) is 14.9 Å². The molecule has 2 rings (SSSR count). The fourth-order valence-corrected chi connectivity index (χ4v) is 1.47. The van der Waals surface area contributed by atoms with Gasteiger partial charge in [-0.15, -0.1) is 0 Å². The van der Waals surface area contributed by atoms with Gasteiger partial charge in [0.1, 0.15) is 0 Å². The van der Waals surface area contributed by atoms with Gasteiger partial charge in [-0.3, -0.25) is 4.79 Å². The zero-order valence-electron chi connectivity index (χ0n) is 9.25. The lowest BCUT2D eigenvalue weighted by molar-refractivity contribution is -0.390. The van der Waals surface area contributed by atoms with Gasteiger partial charge in [0.15, 0.2) is 5.56 Å². The van der Waals surface area contributed by atoms with Crippen molar-refractivity contribution < 1.29 is 14.5 Å². The lowest BCUT2D eigenvalue weighted by Gasteiger charge is -1.93. The molecule has 1 aromatic heterocycles. The van der Waals surface area contributed by atoms with Crippen molar-refractivity contribution in [2.75, 3.05) is 13.7 Å². The Balaban J connectivity index is 2.16. The maximum absolute atomic E-state index is 11.4. The van der Waals surface area contributed by atoms with Crippen LogP contribution in [0.15, 0.2) is 6.20 Å². The second kappa shape index (κ2) is 4.50. The summed E-state index contributed by atoms with van der Waals surface area (Å²) in [7, 11) is 1.42. The summed E-state index contributed by atoms with van der Waals surface area (Å²) in [6.07, 6.45) is 2.35. The van der Waals surface area contributed by atoms with Gasteiger partial charge in [-0.2, -0.15) is 4.68 Å². The highest BCUT2D eigenvalue weighted by molar-refractivity contribution is 5.97. The number of carbonyl (C=O) groups excluding carboxylic acids is 1. The Labute approximate surface area is 96.7 Å². The standard InChI is InChI=1S/C9H12N4O4/c1-10-9(14)7-4-12(3-2-6-5-17-6)11-8(7)13(15)16/h4,6H,2-3,5H2,1H3,(H,10,14). The lowest BCUT2D eigenvalue weighted by atomic mass is 10.3. The molecule has 1 fully saturated rings. The van der Waals surface area contributed by atoms with Gasteiger partial charge < -0.3 is 20.2 Å². The molecule has 1 saturated heterocycles. The number of hydrogen-bond donors (Lipinski definition) is 1. The van der Waals surface area contributed by atoms with E-state index < -0.39 is 16.6 Å². The Morgan fingerprint density at radius 2 is 2.53 bits per heavy atom. The number of ether oxygens (including phenoxy) is 1. The molecule has 0 aromatic carbocycles. The molecule has 1 aliphatic rings. The highest BCUT2D eigenvalue weighted by Crippen LogP contribution is 2.18. The number of nitrogens with one attached hydrogen (secondary N) is 1. The monoisotopic (exact) mass is 240 g/mol. The van der Waals surface area contributed by atoms with Crippen molar-refractivity contribution in [3.05, 3.63) is 21.9 Å². The van der Waals surface area contributed by atoms with Gasteiger partial charge in [0, 0.05) is 7.05 Å². The number of aromatic nitrogens is 2. The lowest BCUT2D eigenvalue weighted by Crippen LogP contribution is -2.18. The average molecular weight is 240 g/mol. The van der Waals surface area contributed by atoms with Crippen LogP contribution in [-0.4, -0.2) is 40.4 Å². The van der Waals surface area contributed by atoms with Crippen molar-refractivity contribution in [2.45, 2.75) is 19.1 Å². The van der Waals surface area contributed by atoms with Gasteiger partial charge >= 0.3 is 5.82 Å². The van der Waals surface area contributed by atoms with E-state index in [0.29, 0.717) is 6.54 Å². The number of rotatable bonds is 5. The van der Waals surface area contributed by atoms with Gasteiger partial charge in [0.05, 0.1) is 30.6 Å². The molecule has 0 saturated carbocycles. The zero-order valence-corrected chi connectivity index (χ0v) is 9.25. The number of amides is 1. The first-order valence-electron chi connectivity index (χ1n) is 5.17. The maximum Gasteiger partial charge on any atom is 0.402 e. The Morgan fingerprint density at radius 3 is 3.06 bits per heavy atom. The molecule has 17 heavy (non-hydrogen) atoms. The Hall–Kier alpha value is -1.96. The van der Waals surface area contributed by atoms with E-state index in [4.69, 9.17) is 4.74 Å². The SMILES string of the molecule is CNC(=O)c1cn(CCC2CO2)nc1[N+](=O)[O-]. The summed E-state index contributed by atoms with van der Waals surface area (Å²) in [5, 5.41) is 16.9. The Bertz CT molecular complexity index is 452. The van der Waals surface area contributed by atoms with Crippen LogP contribution in [0.5, 0.6) is 0 Å². The van der Waals surface area contributed by atoms with E-state index in [2.05, 4.69) is 10.4 Å². The zero-order chi connectivity index (χ0) is 12.4. The maximum atomic E-state index is 11.4. The summed E-state index contributed by atoms with van der Waals surface area (Å²) in [6, 6.07) is 0. The van der Waals surface area contributed by atoms with E-state index in [1.54, 1.807) is 0 Å². The molecule has 0 radical (unpaired) electrons. The van der Waals surface area contributed by atoms with E-state index in [-0.39, 0.29) is 11.7 Å².